The maximum Gasteiger partial charge on any atom is 0.338 e. The second kappa shape index (κ2) is 32.8. The lowest BCUT2D eigenvalue weighted by atomic mass is 9.97. The molecule has 0 bridgehead atoms. The summed E-state index contributed by atoms with van der Waals surface area (Å²) in [5, 5.41) is 4.11. The molecular weight excluding hydrogens is 919 g/mol. The van der Waals surface area contributed by atoms with E-state index >= 15 is 0 Å². The highest BCUT2D eigenvalue weighted by molar-refractivity contribution is 5.89. The number of unbranched alkanes of at least 4 members (excludes halogenated alkanes) is 11. The highest BCUT2D eigenvalue weighted by Crippen LogP contribution is 2.32. The number of hydrogen-bond acceptors (Lipinski definition) is 13. The zero-order chi connectivity index (χ0) is 52.0. The standard InChI is InChI=1S/C57H81N3O12/c1-8-9-10-11-12-13-14-15-16-17-18-19-29-36-47(69-54(63)45-34-27-22-28-35-45)46(59-60-58)39-68-55-53(66-38-44-32-25-21-26-33-44)52(65-37-43-30-23-20-24-31-43)51(67-42-50(62)72-57(5,6)7)48(70-55)40-64-41-49(61)71-56(2,3)4/h20-36,46-48,51-53,55H,8-19,37-42H2,1-7H3/b36-29+/t46-,47+,48+,51-,52-,53+,55+/m0/s1. The van der Waals surface area contributed by atoms with Gasteiger partial charge in [-0.05, 0) is 89.3 Å². The van der Waals surface area contributed by atoms with E-state index in [1.165, 1.54) is 51.4 Å². The predicted molar refractivity (Wildman–Crippen MR) is 276 cm³/mol. The van der Waals surface area contributed by atoms with Crippen molar-refractivity contribution in [3.8, 4) is 0 Å². The molecule has 4 rings (SSSR count). The Kier molecular flexibility index (Phi) is 27.1. The molecule has 0 radical (unpaired) electrons. The van der Waals surface area contributed by atoms with Gasteiger partial charge in [-0.3, -0.25) is 0 Å². The van der Waals surface area contributed by atoms with Crippen molar-refractivity contribution in [1.29, 1.82) is 0 Å². The smallest absolute Gasteiger partial charge is 0.338 e. The van der Waals surface area contributed by atoms with Crippen molar-refractivity contribution in [2.24, 2.45) is 5.11 Å². The van der Waals surface area contributed by atoms with Crippen molar-refractivity contribution >= 4 is 17.9 Å². The van der Waals surface area contributed by atoms with Gasteiger partial charge < -0.3 is 42.6 Å². The van der Waals surface area contributed by atoms with Crippen molar-refractivity contribution in [3.05, 3.63) is 130 Å². The molecule has 3 aromatic carbocycles. The summed E-state index contributed by atoms with van der Waals surface area (Å²) in [6, 6.07) is 26.6. The van der Waals surface area contributed by atoms with Crippen LogP contribution in [0.4, 0.5) is 0 Å². The molecule has 396 valence electrons. The van der Waals surface area contributed by atoms with Gasteiger partial charge in [0, 0.05) is 4.91 Å². The van der Waals surface area contributed by atoms with Crippen molar-refractivity contribution < 1.29 is 57.0 Å². The number of azide groups is 1. The molecule has 7 atom stereocenters. The number of hydrogen-bond donors (Lipinski definition) is 0. The Bertz CT molecular complexity index is 2050. The van der Waals surface area contributed by atoms with Gasteiger partial charge in [-0.25, -0.2) is 14.4 Å². The first-order chi connectivity index (χ1) is 34.7. The Morgan fingerprint density at radius 3 is 1.71 bits per heavy atom. The van der Waals surface area contributed by atoms with Crippen molar-refractivity contribution in [3.63, 3.8) is 0 Å². The molecule has 15 nitrogen and oxygen atoms in total. The van der Waals surface area contributed by atoms with Crippen LogP contribution < -0.4 is 0 Å². The molecule has 0 unspecified atom stereocenters. The fourth-order valence-corrected chi connectivity index (χ4v) is 8.03. The molecule has 0 spiro atoms. The zero-order valence-corrected chi connectivity index (χ0v) is 43.8. The van der Waals surface area contributed by atoms with Gasteiger partial charge in [-0.1, -0.05) is 161 Å². The highest BCUT2D eigenvalue weighted by atomic mass is 16.7. The van der Waals surface area contributed by atoms with E-state index in [-0.39, 0.29) is 26.4 Å². The number of carbonyl (C=O) groups is 3. The quantitative estimate of drug-likeness (QED) is 0.0107. The molecule has 0 amide bonds. The third-order valence-corrected chi connectivity index (χ3v) is 11.5. The largest absolute Gasteiger partial charge is 0.458 e. The number of carbonyl (C=O) groups excluding carboxylic acids is 3. The number of allylic oxidation sites excluding steroid dienone is 1. The topological polar surface area (TPSA) is 183 Å². The molecule has 72 heavy (non-hydrogen) atoms. The summed E-state index contributed by atoms with van der Waals surface area (Å²) in [6.07, 6.45) is 11.4. The van der Waals surface area contributed by atoms with Gasteiger partial charge >= 0.3 is 17.9 Å². The minimum absolute atomic E-state index is 0.0946. The molecule has 1 fully saturated rings. The lowest BCUT2D eigenvalue weighted by Gasteiger charge is -2.46. The summed E-state index contributed by atoms with van der Waals surface area (Å²) in [5.74, 6) is -1.82. The molecule has 0 aromatic heterocycles. The van der Waals surface area contributed by atoms with Crippen LogP contribution in [0.2, 0.25) is 0 Å². The first kappa shape index (κ1) is 59.4. The van der Waals surface area contributed by atoms with Crippen LogP contribution in [0.1, 0.15) is 147 Å². The fourth-order valence-electron chi connectivity index (χ4n) is 8.03. The summed E-state index contributed by atoms with van der Waals surface area (Å²) in [6.45, 7) is 11.6. The van der Waals surface area contributed by atoms with E-state index in [0.29, 0.717) is 5.56 Å². The van der Waals surface area contributed by atoms with Gasteiger partial charge in [-0.2, -0.15) is 0 Å². The third-order valence-electron chi connectivity index (χ3n) is 11.5. The van der Waals surface area contributed by atoms with E-state index in [1.54, 1.807) is 78.0 Å². The molecule has 0 aliphatic carbocycles. The van der Waals surface area contributed by atoms with E-state index in [9.17, 15) is 19.9 Å². The van der Waals surface area contributed by atoms with Gasteiger partial charge in [0.15, 0.2) is 6.29 Å². The average molecular weight is 1000 g/mol. The van der Waals surface area contributed by atoms with Gasteiger partial charge in [0.2, 0.25) is 0 Å². The van der Waals surface area contributed by atoms with Gasteiger partial charge in [0.05, 0.1) is 32.0 Å². The van der Waals surface area contributed by atoms with Crippen LogP contribution >= 0.6 is 0 Å². The van der Waals surface area contributed by atoms with Crippen LogP contribution in [-0.4, -0.2) is 98.4 Å². The lowest BCUT2D eigenvalue weighted by Crippen LogP contribution is -2.62. The van der Waals surface area contributed by atoms with Crippen LogP contribution in [0.5, 0.6) is 0 Å². The molecule has 1 aliphatic rings. The number of benzene rings is 3. The number of rotatable bonds is 33. The van der Waals surface area contributed by atoms with Crippen LogP contribution in [0.25, 0.3) is 10.4 Å². The Balaban J connectivity index is 1.64. The minimum atomic E-state index is -1.26. The molecule has 0 N–H and O–H groups in total. The molecule has 1 saturated heterocycles. The number of nitrogens with zero attached hydrogens (tertiary/aromatic N) is 3. The van der Waals surface area contributed by atoms with Gasteiger partial charge in [0.25, 0.3) is 0 Å². The summed E-state index contributed by atoms with van der Waals surface area (Å²) in [5.41, 5.74) is 10.4. The fraction of sp³-hybridized carbons (Fsp3) is 0.596. The van der Waals surface area contributed by atoms with E-state index < -0.39 is 85.2 Å². The SMILES string of the molecule is CCCCCCCCCCCCC/C=C/[C@@H](OC(=O)c1ccccc1)[C@H](CO[C@@H]1O[C@H](COCC(=O)OC(C)(C)C)[C@H](OCC(=O)OC(C)(C)C)[C@H](OCc2ccccc2)[C@H]1OCc1ccccc1)N=[N+]=[N-]. The zero-order valence-electron chi connectivity index (χ0n) is 43.8. The van der Waals surface area contributed by atoms with E-state index in [4.69, 9.17) is 42.6 Å². The first-order valence-electron chi connectivity index (χ1n) is 25.8. The molecule has 1 heterocycles. The first-order valence-corrected chi connectivity index (χ1v) is 25.8. The van der Waals surface area contributed by atoms with Crippen molar-refractivity contribution in [1.82, 2.24) is 0 Å². The number of ether oxygens (including phenoxy) is 9. The van der Waals surface area contributed by atoms with Crippen molar-refractivity contribution in [2.75, 3.05) is 26.4 Å². The monoisotopic (exact) mass is 1000 g/mol. The summed E-state index contributed by atoms with van der Waals surface area (Å²) >= 11 is 0. The Hall–Kier alpha value is -5.12. The van der Waals surface area contributed by atoms with Crippen LogP contribution in [0.3, 0.4) is 0 Å². The Morgan fingerprint density at radius 2 is 1.17 bits per heavy atom. The Morgan fingerprint density at radius 1 is 0.653 bits per heavy atom. The maximum absolute atomic E-state index is 13.6. The average Bonchev–Trinajstić information content (AvgIpc) is 3.34. The van der Waals surface area contributed by atoms with E-state index in [0.717, 1.165) is 36.8 Å². The lowest BCUT2D eigenvalue weighted by molar-refractivity contribution is -0.327. The predicted octanol–water partition coefficient (Wildman–Crippen LogP) is 12.1. The van der Waals surface area contributed by atoms with Crippen molar-refractivity contribution in [2.45, 2.75) is 193 Å². The normalized spacial score (nSPS) is 19.0. The molecular formula is C57H81N3O12. The molecule has 3 aromatic rings. The molecule has 0 saturated carbocycles. The van der Waals surface area contributed by atoms with Crippen LogP contribution in [0, 0.1) is 0 Å². The number of esters is 3. The van der Waals surface area contributed by atoms with Gasteiger partial charge in [0.1, 0.15) is 61.0 Å². The highest BCUT2D eigenvalue weighted by Gasteiger charge is 2.50. The summed E-state index contributed by atoms with van der Waals surface area (Å²) < 4.78 is 56.2. The summed E-state index contributed by atoms with van der Waals surface area (Å²) in [4.78, 5) is 42.8. The van der Waals surface area contributed by atoms with E-state index in [1.807, 2.05) is 66.7 Å². The van der Waals surface area contributed by atoms with Crippen LogP contribution in [0.15, 0.2) is 108 Å². The molecule has 15 heteroatoms. The second-order valence-corrected chi connectivity index (χ2v) is 20.1. The second-order valence-electron chi connectivity index (χ2n) is 20.1. The van der Waals surface area contributed by atoms with Gasteiger partial charge in [-0.15, -0.1) is 0 Å². The van der Waals surface area contributed by atoms with Crippen LogP contribution in [-0.2, 0) is 65.4 Å². The maximum atomic E-state index is 13.6. The molecule has 1 aliphatic heterocycles. The minimum Gasteiger partial charge on any atom is -0.458 e. The Labute approximate surface area is 428 Å². The van der Waals surface area contributed by atoms with E-state index in [2.05, 4.69) is 16.9 Å². The summed E-state index contributed by atoms with van der Waals surface area (Å²) in [7, 11) is 0. The third kappa shape index (κ3) is 24.1.